The van der Waals surface area contributed by atoms with E-state index in [1.807, 2.05) is 0 Å². The second-order valence-corrected chi connectivity index (χ2v) is 1.68. The van der Waals surface area contributed by atoms with Crippen LogP contribution in [0, 0.1) is 0 Å². The van der Waals surface area contributed by atoms with Crippen LogP contribution in [0.25, 0.3) is 0 Å². The number of hydrogen-bond acceptors (Lipinski definition) is 4. The van der Waals surface area contributed by atoms with E-state index in [1.54, 1.807) is 0 Å². The van der Waals surface area contributed by atoms with Crippen LogP contribution >= 0.6 is 0 Å². The zero-order chi connectivity index (χ0) is 4.50. The number of hydrogen-bond donors (Lipinski definition) is 1. The first-order valence-corrected chi connectivity index (χ1v) is 2.75. The molecular formula is H4CrNNiO4-. The molecule has 0 aliphatic rings. The normalized spacial score (nSPS) is 8.29. The van der Waals surface area contributed by atoms with Crippen molar-refractivity contribution in [2.75, 3.05) is 0 Å². The minimum absolute atomic E-state index is 0. The fourth-order valence-corrected chi connectivity index (χ4v) is 0. The van der Waals surface area contributed by atoms with Crippen LogP contribution in [0.15, 0.2) is 0 Å². The molecule has 7 heavy (non-hydrogen) atoms. The first-order chi connectivity index (χ1) is 2.00. The Morgan fingerprint density at radius 2 is 1.14 bits per heavy atom. The molecule has 0 atom stereocenters. The van der Waals surface area contributed by atoms with Crippen LogP contribution < -0.4 is 14.5 Å². The van der Waals surface area contributed by atoms with E-state index in [9.17, 15) is 0 Å². The summed E-state index contributed by atoms with van der Waals surface area (Å²) in [7, 11) is 0. The molecule has 0 aliphatic heterocycles. The van der Waals surface area contributed by atoms with Gasteiger partial charge in [-0.05, 0) is 0 Å². The summed E-state index contributed by atoms with van der Waals surface area (Å²) in [6, 6.07) is 0. The van der Waals surface area contributed by atoms with Crippen LogP contribution in [0.3, 0.4) is 0 Å². The third kappa shape index (κ3) is 516. The van der Waals surface area contributed by atoms with E-state index >= 15 is 0 Å². The third-order valence-electron chi connectivity index (χ3n) is 0. The Morgan fingerprint density at radius 1 is 1.14 bits per heavy atom. The average molecular weight is 193 g/mol. The van der Waals surface area contributed by atoms with Crippen LogP contribution in [0.1, 0.15) is 0 Å². The minimum atomic E-state index is -5.75. The topological polar surface area (TPSA) is 117 Å². The van der Waals surface area contributed by atoms with Gasteiger partial charge in [0.15, 0.2) is 0 Å². The molecule has 0 aromatic rings. The molecule has 50 valence electrons. The quantitative estimate of drug-likeness (QED) is 0.437. The summed E-state index contributed by atoms with van der Waals surface area (Å²) in [6.07, 6.45) is 0. The van der Waals surface area contributed by atoms with Crippen molar-refractivity contribution in [1.29, 1.82) is 0 Å². The molecule has 0 aromatic carbocycles. The molecule has 0 unspecified atom stereocenters. The molecule has 7 heteroatoms. The summed E-state index contributed by atoms with van der Waals surface area (Å²) < 4.78 is 34.4. The van der Waals surface area contributed by atoms with Crippen LogP contribution in [-0.2, 0) is 37.7 Å². The summed E-state index contributed by atoms with van der Waals surface area (Å²) in [5.74, 6) is 0. The van der Waals surface area contributed by atoms with Gasteiger partial charge in [0.25, 0.3) is 0 Å². The Labute approximate surface area is 52.6 Å². The van der Waals surface area contributed by atoms with Crippen molar-refractivity contribution in [2.45, 2.75) is 0 Å². The Bertz CT molecular complexity index is 94.9. The van der Waals surface area contributed by atoms with Crippen molar-refractivity contribution < 1.29 is 46.0 Å². The van der Waals surface area contributed by atoms with Crippen LogP contribution in [0.5, 0.6) is 0 Å². The van der Waals surface area contributed by atoms with Crippen LogP contribution in [0.2, 0.25) is 0 Å². The molecule has 0 amide bonds. The first-order valence-electron chi connectivity index (χ1n) is 0.667. The van der Waals surface area contributed by atoms with Gasteiger partial charge in [-0.3, -0.25) is 0 Å². The predicted molar refractivity (Wildman–Crippen MR) is 7.36 cm³/mol. The van der Waals surface area contributed by atoms with Gasteiger partial charge in [-0.1, -0.05) is 0 Å². The fourth-order valence-electron chi connectivity index (χ4n) is 0. The summed E-state index contributed by atoms with van der Waals surface area (Å²) >= 11 is -5.75. The molecule has 0 radical (unpaired) electrons. The molecule has 0 aliphatic carbocycles. The number of rotatable bonds is 0. The van der Waals surface area contributed by atoms with Crippen molar-refractivity contribution in [2.24, 2.45) is 0 Å². The van der Waals surface area contributed by atoms with E-state index in [0.29, 0.717) is 0 Å². The molecule has 0 rings (SSSR count). The SMILES string of the molecule is [NH4+].[Ni].[O]=[Cr](=[O])([O-])[O-]. The standard InChI is InChI=1S/Cr.H3N.Ni.4O/h;1H3;;;;;/q;;;;;2*-1/p+1. The van der Waals surface area contributed by atoms with Gasteiger partial charge in [-0.15, -0.1) is 0 Å². The van der Waals surface area contributed by atoms with Crippen LogP contribution in [-0.4, -0.2) is 0 Å². The van der Waals surface area contributed by atoms with Gasteiger partial charge in [-0.2, -0.15) is 0 Å². The summed E-state index contributed by atoms with van der Waals surface area (Å²) in [5.41, 5.74) is 0. The maximum atomic E-state index is 8.59. The van der Waals surface area contributed by atoms with Gasteiger partial charge < -0.3 is 6.15 Å². The molecule has 0 saturated heterocycles. The maximum absolute atomic E-state index is 8.59. The van der Waals surface area contributed by atoms with Crippen molar-refractivity contribution in [1.82, 2.24) is 6.15 Å². The molecule has 0 fully saturated rings. The van der Waals surface area contributed by atoms with Gasteiger partial charge in [0.05, 0.1) is 0 Å². The summed E-state index contributed by atoms with van der Waals surface area (Å²) in [4.78, 5) is 0. The molecule has 5 nitrogen and oxygen atoms in total. The molecule has 0 heterocycles. The second-order valence-electron chi connectivity index (χ2n) is 0.408. The molecule has 0 aromatic heterocycles. The summed E-state index contributed by atoms with van der Waals surface area (Å²) in [6.45, 7) is 0. The van der Waals surface area contributed by atoms with E-state index < -0.39 is 13.6 Å². The Balaban J connectivity index is -0.0000000800. The zero-order valence-corrected chi connectivity index (χ0v) is 5.62. The van der Waals surface area contributed by atoms with Gasteiger partial charge in [0.2, 0.25) is 0 Å². The molecular weight excluding hydrogens is 189 g/mol. The molecule has 0 saturated carbocycles. The second kappa shape index (κ2) is 4.66. The van der Waals surface area contributed by atoms with Crippen molar-refractivity contribution in [3.63, 3.8) is 0 Å². The summed E-state index contributed by atoms with van der Waals surface area (Å²) in [5, 5.41) is 0. The predicted octanol–water partition coefficient (Wildman–Crippen LogP) is -2.24. The van der Waals surface area contributed by atoms with E-state index in [2.05, 4.69) is 0 Å². The van der Waals surface area contributed by atoms with Gasteiger partial charge in [0.1, 0.15) is 0 Å². The van der Waals surface area contributed by atoms with Crippen molar-refractivity contribution in [3.05, 3.63) is 0 Å². The molecule has 0 bridgehead atoms. The van der Waals surface area contributed by atoms with E-state index in [0.717, 1.165) is 0 Å². The number of quaternary nitrogens is 1. The van der Waals surface area contributed by atoms with E-state index in [-0.39, 0.29) is 22.6 Å². The van der Waals surface area contributed by atoms with Crippen molar-refractivity contribution >= 4 is 0 Å². The Morgan fingerprint density at radius 3 is 1.14 bits per heavy atom. The fraction of sp³-hybridized carbons (Fsp3) is 0. The third-order valence-corrected chi connectivity index (χ3v) is 0. The van der Waals surface area contributed by atoms with E-state index in [4.69, 9.17) is 15.9 Å². The molecule has 4 N–H and O–H groups in total. The average Bonchev–Trinajstić information content (AvgIpc) is 0.722. The van der Waals surface area contributed by atoms with Crippen LogP contribution in [0.4, 0.5) is 0 Å². The van der Waals surface area contributed by atoms with Gasteiger partial charge >= 0.3 is 29.5 Å². The Kier molecular flexibility index (Phi) is 10.4. The van der Waals surface area contributed by atoms with Gasteiger partial charge in [0, 0.05) is 16.5 Å². The van der Waals surface area contributed by atoms with Gasteiger partial charge in [-0.25, -0.2) is 0 Å². The Hall–Kier alpha value is 0.506. The zero-order valence-electron chi connectivity index (χ0n) is 3.36. The first kappa shape index (κ1) is 15.6. The van der Waals surface area contributed by atoms with E-state index in [1.165, 1.54) is 0 Å². The monoisotopic (exact) mass is 192 g/mol. The van der Waals surface area contributed by atoms with Crippen molar-refractivity contribution in [3.8, 4) is 0 Å². The molecule has 0 spiro atoms.